The van der Waals surface area contributed by atoms with E-state index in [0.717, 1.165) is 31.5 Å². The first-order valence-corrected chi connectivity index (χ1v) is 9.27. The molecule has 0 aliphatic carbocycles. The summed E-state index contributed by atoms with van der Waals surface area (Å²) in [6, 6.07) is 15.1. The molecule has 6 heteroatoms. The molecule has 2 aromatic heterocycles. The van der Waals surface area contributed by atoms with Crippen LogP contribution in [0, 0.1) is 0 Å². The first-order chi connectivity index (χ1) is 13.1. The third-order valence-electron chi connectivity index (χ3n) is 5.00. The van der Waals surface area contributed by atoms with Crippen molar-refractivity contribution in [3.05, 3.63) is 71.8 Å². The lowest BCUT2D eigenvalue weighted by Gasteiger charge is -2.13. The largest absolute Gasteiger partial charge is 0.344 e. The minimum atomic E-state index is -0.282. The summed E-state index contributed by atoms with van der Waals surface area (Å²) in [5, 5.41) is 2.99. The number of rotatable bonds is 4. The molecule has 1 atom stereocenters. The smallest absolute Gasteiger partial charge is 0.290 e. The average molecular weight is 362 g/mol. The summed E-state index contributed by atoms with van der Waals surface area (Å²) in [6.07, 6.45) is 3.80. The van der Waals surface area contributed by atoms with E-state index in [2.05, 4.69) is 10.3 Å². The zero-order chi connectivity index (χ0) is 18.8. The molecule has 138 valence electrons. The van der Waals surface area contributed by atoms with Crippen molar-refractivity contribution in [1.29, 1.82) is 0 Å². The average Bonchev–Trinajstić information content (AvgIpc) is 3.36. The monoisotopic (exact) mass is 362 g/mol. The highest BCUT2D eigenvalue weighted by atomic mass is 16.2. The number of carbonyl (C=O) groups excluding carboxylic acids is 2. The Morgan fingerprint density at radius 2 is 1.74 bits per heavy atom. The maximum Gasteiger partial charge on any atom is 0.290 e. The number of likely N-dealkylation sites (tertiary alicyclic amines) is 1. The number of amides is 2. The molecule has 0 radical (unpaired) electrons. The summed E-state index contributed by atoms with van der Waals surface area (Å²) in [6.45, 7) is 3.42. The molecule has 27 heavy (non-hydrogen) atoms. The number of fused-ring (bicyclic) bond motifs is 1. The predicted molar refractivity (Wildman–Crippen MR) is 103 cm³/mol. The van der Waals surface area contributed by atoms with Gasteiger partial charge in [0.25, 0.3) is 11.8 Å². The number of hydrogen-bond donors (Lipinski definition) is 1. The van der Waals surface area contributed by atoms with Gasteiger partial charge in [0.1, 0.15) is 0 Å². The van der Waals surface area contributed by atoms with E-state index in [4.69, 9.17) is 0 Å². The number of aromatic nitrogens is 2. The van der Waals surface area contributed by atoms with Gasteiger partial charge in [-0.15, -0.1) is 0 Å². The number of carbonyl (C=O) groups is 2. The molecule has 1 saturated heterocycles. The van der Waals surface area contributed by atoms with Gasteiger partial charge in [0.15, 0.2) is 5.69 Å². The van der Waals surface area contributed by atoms with Crippen molar-refractivity contribution >= 4 is 17.3 Å². The van der Waals surface area contributed by atoms with Gasteiger partial charge in [-0.25, -0.2) is 4.98 Å². The fourth-order valence-corrected chi connectivity index (χ4v) is 3.51. The molecule has 0 saturated carbocycles. The Bertz CT molecular complexity index is 974. The Hall–Kier alpha value is -3.15. The van der Waals surface area contributed by atoms with E-state index in [1.54, 1.807) is 15.5 Å². The SMILES string of the molecule is CC(NC(=O)c1nc(C(=O)N2CCCC2)n2ccccc12)c1ccccc1. The molecule has 1 aromatic carbocycles. The van der Waals surface area contributed by atoms with Crippen molar-refractivity contribution in [3.8, 4) is 0 Å². The quantitative estimate of drug-likeness (QED) is 0.776. The molecule has 1 aliphatic heterocycles. The first kappa shape index (κ1) is 17.3. The lowest BCUT2D eigenvalue weighted by atomic mass is 10.1. The molecule has 6 nitrogen and oxygen atoms in total. The van der Waals surface area contributed by atoms with E-state index in [0.29, 0.717) is 11.3 Å². The Morgan fingerprint density at radius 3 is 2.48 bits per heavy atom. The van der Waals surface area contributed by atoms with E-state index < -0.39 is 0 Å². The van der Waals surface area contributed by atoms with Crippen LogP contribution >= 0.6 is 0 Å². The van der Waals surface area contributed by atoms with Crippen LogP contribution in [0.15, 0.2) is 54.7 Å². The van der Waals surface area contributed by atoms with Gasteiger partial charge in [0.2, 0.25) is 5.82 Å². The maximum atomic E-state index is 12.9. The second kappa shape index (κ2) is 7.23. The molecular weight excluding hydrogens is 340 g/mol. The van der Waals surface area contributed by atoms with Crippen LogP contribution in [-0.4, -0.2) is 39.2 Å². The molecule has 3 aromatic rings. The van der Waals surface area contributed by atoms with Crippen LogP contribution in [0.1, 0.15) is 52.5 Å². The lowest BCUT2D eigenvalue weighted by molar-refractivity contribution is 0.0780. The van der Waals surface area contributed by atoms with Crippen molar-refractivity contribution in [2.75, 3.05) is 13.1 Å². The van der Waals surface area contributed by atoms with Crippen molar-refractivity contribution in [2.24, 2.45) is 0 Å². The van der Waals surface area contributed by atoms with E-state index in [-0.39, 0.29) is 23.6 Å². The molecule has 1 aliphatic rings. The molecule has 3 heterocycles. The fraction of sp³-hybridized carbons (Fsp3) is 0.286. The summed E-state index contributed by atoms with van der Waals surface area (Å²) in [5.74, 6) is -0.107. The molecule has 0 bridgehead atoms. The molecular formula is C21H22N4O2. The second-order valence-electron chi connectivity index (χ2n) is 6.85. The van der Waals surface area contributed by atoms with Gasteiger partial charge >= 0.3 is 0 Å². The van der Waals surface area contributed by atoms with Crippen molar-refractivity contribution in [2.45, 2.75) is 25.8 Å². The van der Waals surface area contributed by atoms with Gasteiger partial charge in [0.05, 0.1) is 11.6 Å². The molecule has 1 N–H and O–H groups in total. The van der Waals surface area contributed by atoms with Crippen LogP contribution in [-0.2, 0) is 0 Å². The topological polar surface area (TPSA) is 66.7 Å². The molecule has 1 fully saturated rings. The number of pyridine rings is 1. The van der Waals surface area contributed by atoms with Crippen molar-refractivity contribution in [1.82, 2.24) is 19.6 Å². The zero-order valence-electron chi connectivity index (χ0n) is 15.3. The van der Waals surface area contributed by atoms with Crippen molar-refractivity contribution < 1.29 is 9.59 Å². The summed E-state index contributed by atoms with van der Waals surface area (Å²) in [5.41, 5.74) is 1.93. The van der Waals surface area contributed by atoms with Gasteiger partial charge in [-0.1, -0.05) is 36.4 Å². The van der Waals surface area contributed by atoms with E-state index in [1.807, 2.05) is 55.5 Å². The Labute approximate surface area is 157 Å². The maximum absolute atomic E-state index is 12.9. The lowest BCUT2D eigenvalue weighted by Crippen LogP contribution is -2.30. The Morgan fingerprint density at radius 1 is 1.04 bits per heavy atom. The van der Waals surface area contributed by atoms with Crippen LogP contribution in [0.4, 0.5) is 0 Å². The van der Waals surface area contributed by atoms with Crippen molar-refractivity contribution in [3.63, 3.8) is 0 Å². The van der Waals surface area contributed by atoms with Gasteiger partial charge in [0, 0.05) is 19.3 Å². The normalized spacial score (nSPS) is 15.1. The number of nitrogens with one attached hydrogen (secondary N) is 1. The number of imidazole rings is 1. The van der Waals surface area contributed by atoms with Gasteiger partial charge in [-0.05, 0) is 37.5 Å². The van der Waals surface area contributed by atoms with Gasteiger partial charge in [-0.2, -0.15) is 0 Å². The number of nitrogens with zero attached hydrogens (tertiary/aromatic N) is 3. The number of benzene rings is 1. The molecule has 0 spiro atoms. The Kier molecular flexibility index (Phi) is 4.62. The first-order valence-electron chi connectivity index (χ1n) is 9.27. The third kappa shape index (κ3) is 3.30. The van der Waals surface area contributed by atoms with E-state index in [9.17, 15) is 9.59 Å². The highest BCUT2D eigenvalue weighted by Gasteiger charge is 2.27. The fourth-order valence-electron chi connectivity index (χ4n) is 3.51. The van der Waals surface area contributed by atoms with Crippen LogP contribution in [0.25, 0.3) is 5.52 Å². The Balaban J connectivity index is 1.65. The summed E-state index contributed by atoms with van der Waals surface area (Å²) < 4.78 is 1.71. The van der Waals surface area contributed by atoms with Gasteiger partial charge in [-0.3, -0.25) is 14.0 Å². The summed E-state index contributed by atoms with van der Waals surface area (Å²) >= 11 is 0. The van der Waals surface area contributed by atoms with Crippen LogP contribution in [0.3, 0.4) is 0 Å². The highest BCUT2D eigenvalue weighted by Crippen LogP contribution is 2.19. The third-order valence-corrected chi connectivity index (χ3v) is 5.00. The second-order valence-corrected chi connectivity index (χ2v) is 6.85. The molecule has 1 unspecified atom stereocenters. The van der Waals surface area contributed by atoms with Crippen LogP contribution in [0.2, 0.25) is 0 Å². The van der Waals surface area contributed by atoms with Crippen LogP contribution in [0.5, 0.6) is 0 Å². The standard InChI is InChI=1S/C21H22N4O2/c1-15(16-9-3-2-4-10-16)22-20(26)18-17-11-5-6-14-25(17)19(23-18)21(27)24-12-7-8-13-24/h2-6,9-11,14-15H,7-8,12-13H2,1H3,(H,22,26). The predicted octanol–water partition coefficient (Wildman–Crippen LogP) is 3.06. The van der Waals surface area contributed by atoms with E-state index >= 15 is 0 Å². The molecule has 2 amide bonds. The van der Waals surface area contributed by atoms with Crippen LogP contribution < -0.4 is 5.32 Å². The summed E-state index contributed by atoms with van der Waals surface area (Å²) in [4.78, 5) is 32.0. The number of hydrogen-bond acceptors (Lipinski definition) is 3. The zero-order valence-corrected chi connectivity index (χ0v) is 15.3. The van der Waals surface area contributed by atoms with Gasteiger partial charge < -0.3 is 10.2 Å². The van der Waals surface area contributed by atoms with E-state index in [1.165, 1.54) is 0 Å². The minimum Gasteiger partial charge on any atom is -0.344 e. The minimum absolute atomic E-state index is 0.121. The summed E-state index contributed by atoms with van der Waals surface area (Å²) in [7, 11) is 0. The molecule has 4 rings (SSSR count). The highest BCUT2D eigenvalue weighted by molar-refractivity contribution is 6.02.